The topological polar surface area (TPSA) is 23.5 Å². The molecule has 0 radical (unpaired) electrons. The van der Waals surface area contributed by atoms with Crippen LogP contribution in [0.4, 0.5) is 0 Å². The van der Waals surface area contributed by atoms with Gasteiger partial charge in [-0.2, -0.15) is 0 Å². The van der Waals surface area contributed by atoms with Gasteiger partial charge >= 0.3 is 0 Å². The first-order valence-corrected chi connectivity index (χ1v) is 4.96. The van der Waals surface area contributed by atoms with E-state index in [0.29, 0.717) is 5.92 Å². The molecule has 1 saturated carbocycles. The maximum absolute atomic E-state index is 9.59. The lowest BCUT2D eigenvalue weighted by Crippen LogP contribution is -2.33. The number of hydrogen-bond donors (Lipinski definition) is 1. The van der Waals surface area contributed by atoms with Crippen molar-refractivity contribution >= 4 is 0 Å². The average molecular weight is 171 g/mol. The second-order valence-electron chi connectivity index (χ2n) is 4.48. The largest absolute Gasteiger partial charge is 0.392 e. The van der Waals surface area contributed by atoms with Crippen LogP contribution in [0.25, 0.3) is 0 Å². The number of hydrogen-bond acceptors (Lipinski definition) is 2. The van der Waals surface area contributed by atoms with Crippen LogP contribution in [-0.4, -0.2) is 36.2 Å². The van der Waals surface area contributed by atoms with E-state index in [1.54, 1.807) is 0 Å². The maximum atomic E-state index is 9.59. The van der Waals surface area contributed by atoms with E-state index in [9.17, 15) is 5.11 Å². The molecule has 12 heavy (non-hydrogen) atoms. The first-order valence-electron chi connectivity index (χ1n) is 4.96. The van der Waals surface area contributed by atoms with Gasteiger partial charge in [-0.05, 0) is 31.7 Å². The van der Waals surface area contributed by atoms with E-state index in [2.05, 4.69) is 25.8 Å². The van der Waals surface area contributed by atoms with E-state index in [4.69, 9.17) is 0 Å². The molecular formula is C10H21NO. The van der Waals surface area contributed by atoms with Crippen molar-refractivity contribution in [3.05, 3.63) is 0 Å². The number of likely N-dealkylation sites (N-methyl/N-ethyl adjacent to an activating group) is 1. The molecule has 1 N–H and O–H groups in total. The van der Waals surface area contributed by atoms with Crippen molar-refractivity contribution in [3.8, 4) is 0 Å². The lowest BCUT2D eigenvalue weighted by atomic mass is 10.1. The van der Waals surface area contributed by atoms with Gasteiger partial charge in [0.15, 0.2) is 0 Å². The van der Waals surface area contributed by atoms with E-state index >= 15 is 0 Å². The Hall–Kier alpha value is -0.0800. The number of nitrogens with zero attached hydrogens (tertiary/aromatic N) is 1. The lowest BCUT2D eigenvalue weighted by molar-refractivity contribution is 0.0847. The Labute approximate surface area is 75.6 Å². The zero-order valence-electron chi connectivity index (χ0n) is 8.45. The smallest absolute Gasteiger partial charge is 0.0689 e. The zero-order chi connectivity index (χ0) is 9.14. The van der Waals surface area contributed by atoms with Crippen LogP contribution in [-0.2, 0) is 0 Å². The standard InChI is InChI=1S/C10H21NO/c1-8(2)10(12)7-11(3)6-9-4-5-9/h8-10,12H,4-7H2,1-3H3. The van der Waals surface area contributed by atoms with Gasteiger partial charge in [0.25, 0.3) is 0 Å². The Balaban J connectivity index is 2.10. The van der Waals surface area contributed by atoms with Crippen LogP contribution in [0.5, 0.6) is 0 Å². The normalized spacial score (nSPS) is 20.5. The van der Waals surface area contributed by atoms with Crippen molar-refractivity contribution in [2.24, 2.45) is 11.8 Å². The van der Waals surface area contributed by atoms with Gasteiger partial charge in [0.2, 0.25) is 0 Å². The van der Waals surface area contributed by atoms with Crippen molar-refractivity contribution in [2.45, 2.75) is 32.8 Å². The van der Waals surface area contributed by atoms with Gasteiger partial charge in [0.1, 0.15) is 0 Å². The van der Waals surface area contributed by atoms with E-state index < -0.39 is 0 Å². The highest BCUT2D eigenvalue weighted by Crippen LogP contribution is 2.29. The Bertz CT molecular complexity index is 132. The van der Waals surface area contributed by atoms with Gasteiger partial charge in [-0.1, -0.05) is 13.8 Å². The summed E-state index contributed by atoms with van der Waals surface area (Å²) in [6.07, 6.45) is 2.62. The first kappa shape index (κ1) is 10.0. The minimum absolute atomic E-state index is 0.159. The Kier molecular flexibility index (Phi) is 3.53. The fourth-order valence-electron chi connectivity index (χ4n) is 1.35. The molecule has 0 aromatic carbocycles. The zero-order valence-corrected chi connectivity index (χ0v) is 8.45. The third-order valence-corrected chi connectivity index (χ3v) is 2.54. The molecule has 0 bridgehead atoms. The quantitative estimate of drug-likeness (QED) is 0.675. The van der Waals surface area contributed by atoms with E-state index in [-0.39, 0.29) is 6.10 Å². The van der Waals surface area contributed by atoms with Gasteiger partial charge in [0, 0.05) is 13.1 Å². The third kappa shape index (κ3) is 3.55. The summed E-state index contributed by atoms with van der Waals surface area (Å²) in [5.74, 6) is 1.31. The lowest BCUT2D eigenvalue weighted by Gasteiger charge is -2.22. The van der Waals surface area contributed by atoms with Crippen LogP contribution >= 0.6 is 0 Å². The summed E-state index contributed by atoms with van der Waals surface area (Å²) in [7, 11) is 2.10. The van der Waals surface area contributed by atoms with Crippen LogP contribution < -0.4 is 0 Å². The SMILES string of the molecule is CC(C)C(O)CN(C)CC1CC1. The monoisotopic (exact) mass is 171 g/mol. The fourth-order valence-corrected chi connectivity index (χ4v) is 1.35. The van der Waals surface area contributed by atoms with Gasteiger partial charge in [-0.3, -0.25) is 0 Å². The third-order valence-electron chi connectivity index (χ3n) is 2.54. The van der Waals surface area contributed by atoms with Gasteiger partial charge < -0.3 is 10.0 Å². The molecule has 1 aliphatic rings. The molecule has 72 valence electrons. The van der Waals surface area contributed by atoms with Crippen molar-refractivity contribution in [1.82, 2.24) is 4.90 Å². The predicted octanol–water partition coefficient (Wildman–Crippen LogP) is 1.35. The van der Waals surface area contributed by atoms with Crippen molar-refractivity contribution in [3.63, 3.8) is 0 Å². The van der Waals surface area contributed by atoms with Crippen LogP contribution in [0.1, 0.15) is 26.7 Å². The molecule has 1 fully saturated rings. The minimum Gasteiger partial charge on any atom is -0.392 e. The van der Waals surface area contributed by atoms with E-state index in [0.717, 1.165) is 12.5 Å². The minimum atomic E-state index is -0.159. The summed E-state index contributed by atoms with van der Waals surface area (Å²) in [6.45, 7) is 6.13. The van der Waals surface area contributed by atoms with Crippen LogP contribution in [0, 0.1) is 11.8 Å². The highest BCUT2D eigenvalue weighted by Gasteiger charge is 2.23. The van der Waals surface area contributed by atoms with Crippen LogP contribution in [0.15, 0.2) is 0 Å². The Morgan fingerprint density at radius 3 is 2.42 bits per heavy atom. The maximum Gasteiger partial charge on any atom is 0.0689 e. The first-order chi connectivity index (χ1) is 5.59. The molecule has 0 heterocycles. The molecule has 0 aromatic heterocycles. The summed E-state index contributed by atoms with van der Waals surface area (Å²) in [5, 5.41) is 9.59. The summed E-state index contributed by atoms with van der Waals surface area (Å²) in [6, 6.07) is 0. The van der Waals surface area contributed by atoms with Crippen LogP contribution in [0.2, 0.25) is 0 Å². The molecule has 1 aliphatic carbocycles. The second kappa shape index (κ2) is 4.24. The molecule has 0 saturated heterocycles. The number of aliphatic hydroxyl groups excluding tert-OH is 1. The second-order valence-corrected chi connectivity index (χ2v) is 4.48. The summed E-state index contributed by atoms with van der Waals surface area (Å²) in [5.41, 5.74) is 0. The summed E-state index contributed by atoms with van der Waals surface area (Å²) < 4.78 is 0. The number of rotatable bonds is 5. The molecular weight excluding hydrogens is 150 g/mol. The molecule has 2 heteroatoms. The molecule has 2 nitrogen and oxygen atoms in total. The molecule has 1 unspecified atom stereocenters. The van der Waals surface area contributed by atoms with Crippen molar-refractivity contribution < 1.29 is 5.11 Å². The molecule has 0 aliphatic heterocycles. The molecule has 1 rings (SSSR count). The van der Waals surface area contributed by atoms with E-state index in [1.165, 1.54) is 19.4 Å². The molecule has 0 spiro atoms. The highest BCUT2D eigenvalue weighted by molar-refractivity contribution is 4.77. The van der Waals surface area contributed by atoms with Crippen LogP contribution in [0.3, 0.4) is 0 Å². The van der Waals surface area contributed by atoms with Gasteiger partial charge in [-0.15, -0.1) is 0 Å². The average Bonchev–Trinajstić information content (AvgIpc) is 2.71. The van der Waals surface area contributed by atoms with Crippen molar-refractivity contribution in [2.75, 3.05) is 20.1 Å². The summed E-state index contributed by atoms with van der Waals surface area (Å²) in [4.78, 5) is 2.25. The number of aliphatic hydroxyl groups is 1. The highest BCUT2D eigenvalue weighted by atomic mass is 16.3. The molecule has 0 aromatic rings. The Morgan fingerprint density at radius 2 is 2.00 bits per heavy atom. The van der Waals surface area contributed by atoms with E-state index in [1.807, 2.05) is 0 Å². The predicted molar refractivity (Wildman–Crippen MR) is 51.1 cm³/mol. The van der Waals surface area contributed by atoms with Crippen molar-refractivity contribution in [1.29, 1.82) is 0 Å². The Morgan fingerprint density at radius 1 is 1.42 bits per heavy atom. The molecule has 0 amide bonds. The summed E-state index contributed by atoms with van der Waals surface area (Å²) >= 11 is 0. The fraction of sp³-hybridized carbons (Fsp3) is 1.00. The van der Waals surface area contributed by atoms with Gasteiger partial charge in [-0.25, -0.2) is 0 Å². The molecule has 1 atom stereocenters. The van der Waals surface area contributed by atoms with Gasteiger partial charge in [0.05, 0.1) is 6.10 Å².